The molecule has 1 aromatic carbocycles. The molecule has 98 valence electrons. The number of thioether (sulfide) groups is 1. The Kier molecular flexibility index (Phi) is 4.66. The number of amides is 1. The Bertz CT molecular complexity index is 399. The molecule has 1 aliphatic heterocycles. The lowest BCUT2D eigenvalue weighted by molar-refractivity contribution is -0.136. The lowest BCUT2D eigenvalue weighted by Crippen LogP contribution is -2.42. The third-order valence-corrected chi connectivity index (χ3v) is 4.05. The van der Waals surface area contributed by atoms with Crippen molar-refractivity contribution in [3.8, 4) is 0 Å². The highest BCUT2D eigenvalue weighted by molar-refractivity contribution is 7.98. The summed E-state index contributed by atoms with van der Waals surface area (Å²) in [7, 11) is 0. The first-order valence-corrected chi connectivity index (χ1v) is 7.45. The molecule has 1 heterocycles. The van der Waals surface area contributed by atoms with Gasteiger partial charge in [0.1, 0.15) is 0 Å². The van der Waals surface area contributed by atoms with Crippen LogP contribution in [0.3, 0.4) is 0 Å². The van der Waals surface area contributed by atoms with E-state index in [1.807, 2.05) is 11.8 Å². The minimum Gasteiger partial charge on any atom is -0.378 e. The van der Waals surface area contributed by atoms with Crippen LogP contribution in [0.1, 0.15) is 18.4 Å². The first-order valence-electron chi connectivity index (χ1n) is 6.23. The molecule has 0 bridgehead atoms. The average molecular weight is 265 g/mol. The molecule has 0 saturated carbocycles. The highest BCUT2D eigenvalue weighted by Gasteiger charge is 2.23. The Labute approximate surface area is 113 Å². The standard InChI is InChI=1S/C14H19NO2S/c1-11(12-3-5-13(18-2)6-4-12)14(16)15-7-9-17-10-8-15/h3-6,11H,7-10H2,1-2H3. The van der Waals surface area contributed by atoms with Crippen molar-refractivity contribution in [1.29, 1.82) is 0 Å². The van der Waals surface area contributed by atoms with Gasteiger partial charge in [0.15, 0.2) is 0 Å². The molecule has 0 spiro atoms. The maximum Gasteiger partial charge on any atom is 0.229 e. The Morgan fingerprint density at radius 1 is 1.28 bits per heavy atom. The number of carbonyl (C=O) groups excluding carboxylic acids is 1. The molecule has 1 atom stereocenters. The largest absolute Gasteiger partial charge is 0.378 e. The zero-order chi connectivity index (χ0) is 13.0. The van der Waals surface area contributed by atoms with E-state index in [1.165, 1.54) is 4.90 Å². The summed E-state index contributed by atoms with van der Waals surface area (Å²) in [5.41, 5.74) is 1.09. The summed E-state index contributed by atoms with van der Waals surface area (Å²) in [5, 5.41) is 0. The van der Waals surface area contributed by atoms with Gasteiger partial charge in [-0.25, -0.2) is 0 Å². The van der Waals surface area contributed by atoms with Gasteiger partial charge in [-0.15, -0.1) is 11.8 Å². The first-order chi connectivity index (χ1) is 8.72. The Morgan fingerprint density at radius 3 is 2.44 bits per heavy atom. The SMILES string of the molecule is CSc1ccc(C(C)C(=O)N2CCOCC2)cc1. The van der Waals surface area contributed by atoms with E-state index in [0.29, 0.717) is 26.3 Å². The van der Waals surface area contributed by atoms with Crippen molar-refractivity contribution >= 4 is 17.7 Å². The third-order valence-electron chi connectivity index (χ3n) is 3.31. The van der Waals surface area contributed by atoms with Gasteiger partial charge in [-0.1, -0.05) is 12.1 Å². The molecule has 4 heteroatoms. The van der Waals surface area contributed by atoms with Crippen LogP contribution in [-0.4, -0.2) is 43.4 Å². The minimum absolute atomic E-state index is 0.0704. The fraction of sp³-hybridized carbons (Fsp3) is 0.500. The van der Waals surface area contributed by atoms with Gasteiger partial charge in [0, 0.05) is 18.0 Å². The Morgan fingerprint density at radius 2 is 1.89 bits per heavy atom. The van der Waals surface area contributed by atoms with Crippen molar-refractivity contribution in [1.82, 2.24) is 4.90 Å². The first kappa shape index (κ1) is 13.4. The number of hydrogen-bond acceptors (Lipinski definition) is 3. The molecule has 1 unspecified atom stereocenters. The third kappa shape index (κ3) is 3.06. The van der Waals surface area contributed by atoms with Crippen LogP contribution in [0.15, 0.2) is 29.2 Å². The highest BCUT2D eigenvalue weighted by Crippen LogP contribution is 2.22. The molecule has 1 aliphatic rings. The normalized spacial score (nSPS) is 17.6. The van der Waals surface area contributed by atoms with Gasteiger partial charge in [0.2, 0.25) is 5.91 Å². The molecule has 0 aromatic heterocycles. The van der Waals surface area contributed by atoms with Gasteiger partial charge in [0.05, 0.1) is 19.1 Å². The molecule has 3 nitrogen and oxygen atoms in total. The summed E-state index contributed by atoms with van der Waals surface area (Å²) in [4.78, 5) is 15.4. The molecule has 0 N–H and O–H groups in total. The van der Waals surface area contributed by atoms with Crippen LogP contribution in [0.2, 0.25) is 0 Å². The van der Waals surface area contributed by atoms with E-state index in [1.54, 1.807) is 11.8 Å². The molecule has 1 saturated heterocycles. The monoisotopic (exact) mass is 265 g/mol. The van der Waals surface area contributed by atoms with Gasteiger partial charge < -0.3 is 9.64 Å². The zero-order valence-corrected chi connectivity index (χ0v) is 11.7. The number of carbonyl (C=O) groups is 1. The molecular weight excluding hydrogens is 246 g/mol. The van der Waals surface area contributed by atoms with E-state index in [0.717, 1.165) is 5.56 Å². The summed E-state index contributed by atoms with van der Waals surface area (Å²) in [6, 6.07) is 8.25. The summed E-state index contributed by atoms with van der Waals surface area (Å²) in [6.45, 7) is 4.72. The smallest absolute Gasteiger partial charge is 0.229 e. The van der Waals surface area contributed by atoms with Crippen LogP contribution in [0.25, 0.3) is 0 Å². The molecule has 1 aromatic rings. The fourth-order valence-corrected chi connectivity index (χ4v) is 2.50. The van der Waals surface area contributed by atoms with Crippen molar-refractivity contribution < 1.29 is 9.53 Å². The van der Waals surface area contributed by atoms with Crippen LogP contribution in [0.5, 0.6) is 0 Å². The van der Waals surface area contributed by atoms with E-state index >= 15 is 0 Å². The quantitative estimate of drug-likeness (QED) is 0.786. The maximum atomic E-state index is 12.3. The van der Waals surface area contributed by atoms with Crippen molar-refractivity contribution in [3.63, 3.8) is 0 Å². The van der Waals surface area contributed by atoms with E-state index in [4.69, 9.17) is 4.74 Å². The van der Waals surface area contributed by atoms with Gasteiger partial charge in [-0.3, -0.25) is 4.79 Å². The topological polar surface area (TPSA) is 29.5 Å². The molecule has 2 rings (SSSR count). The van der Waals surface area contributed by atoms with Crippen LogP contribution in [0, 0.1) is 0 Å². The number of ether oxygens (including phenoxy) is 1. The van der Waals surface area contributed by atoms with Crippen molar-refractivity contribution in [2.75, 3.05) is 32.6 Å². The maximum absolute atomic E-state index is 12.3. The van der Waals surface area contributed by atoms with Gasteiger partial charge in [-0.2, -0.15) is 0 Å². The van der Waals surface area contributed by atoms with Crippen LogP contribution in [-0.2, 0) is 9.53 Å². The molecule has 18 heavy (non-hydrogen) atoms. The molecule has 1 amide bonds. The molecular formula is C14H19NO2S. The average Bonchev–Trinajstić information content (AvgIpc) is 2.47. The van der Waals surface area contributed by atoms with E-state index in [2.05, 4.69) is 30.5 Å². The van der Waals surface area contributed by atoms with Gasteiger partial charge in [0.25, 0.3) is 0 Å². The minimum atomic E-state index is -0.0704. The summed E-state index contributed by atoms with van der Waals surface area (Å²) in [5.74, 6) is 0.134. The van der Waals surface area contributed by atoms with Gasteiger partial charge in [-0.05, 0) is 30.9 Å². The van der Waals surface area contributed by atoms with Crippen molar-refractivity contribution in [3.05, 3.63) is 29.8 Å². The van der Waals surface area contributed by atoms with Crippen molar-refractivity contribution in [2.24, 2.45) is 0 Å². The zero-order valence-electron chi connectivity index (χ0n) is 10.9. The predicted octanol–water partition coefficient (Wildman–Crippen LogP) is 2.37. The van der Waals surface area contributed by atoms with Gasteiger partial charge >= 0.3 is 0 Å². The number of rotatable bonds is 3. The Hall–Kier alpha value is -1.00. The molecule has 1 fully saturated rings. The summed E-state index contributed by atoms with van der Waals surface area (Å²) < 4.78 is 5.27. The summed E-state index contributed by atoms with van der Waals surface area (Å²) >= 11 is 1.71. The van der Waals surface area contributed by atoms with E-state index < -0.39 is 0 Å². The summed E-state index contributed by atoms with van der Waals surface area (Å²) in [6.07, 6.45) is 2.05. The van der Waals surface area contributed by atoms with Crippen LogP contribution in [0.4, 0.5) is 0 Å². The van der Waals surface area contributed by atoms with E-state index in [9.17, 15) is 4.79 Å². The number of hydrogen-bond donors (Lipinski definition) is 0. The van der Waals surface area contributed by atoms with E-state index in [-0.39, 0.29) is 11.8 Å². The second kappa shape index (κ2) is 6.25. The molecule has 0 radical (unpaired) electrons. The van der Waals surface area contributed by atoms with Crippen LogP contribution >= 0.6 is 11.8 Å². The highest BCUT2D eigenvalue weighted by atomic mass is 32.2. The predicted molar refractivity (Wildman–Crippen MR) is 74.0 cm³/mol. The van der Waals surface area contributed by atoms with Crippen LogP contribution < -0.4 is 0 Å². The lowest BCUT2D eigenvalue weighted by atomic mass is 9.99. The van der Waals surface area contributed by atoms with Crippen molar-refractivity contribution in [2.45, 2.75) is 17.7 Å². The fourth-order valence-electron chi connectivity index (χ4n) is 2.09. The second-order valence-corrected chi connectivity index (χ2v) is 5.31. The number of nitrogens with zero attached hydrogens (tertiary/aromatic N) is 1. The Balaban J connectivity index is 2.04. The second-order valence-electron chi connectivity index (χ2n) is 4.43. The number of morpholine rings is 1. The lowest BCUT2D eigenvalue weighted by Gasteiger charge is -2.29. The molecule has 0 aliphatic carbocycles. The number of benzene rings is 1.